The molecule has 2 unspecified atom stereocenters. The maximum absolute atomic E-state index is 12.1. The van der Waals surface area contributed by atoms with Crippen LogP contribution in [0.4, 0.5) is 0 Å². The molecule has 0 saturated heterocycles. The van der Waals surface area contributed by atoms with E-state index >= 15 is 0 Å². The lowest BCUT2D eigenvalue weighted by Gasteiger charge is -2.17. The van der Waals surface area contributed by atoms with Gasteiger partial charge in [0.25, 0.3) is 0 Å². The molecule has 0 aliphatic rings. The Kier molecular flexibility index (Phi) is 3.92. The number of benzene rings is 1. The summed E-state index contributed by atoms with van der Waals surface area (Å²) in [5.41, 5.74) is 5.61. The Bertz CT molecular complexity index is 442. The molecular formula is C10H14BrNO2S. The molecule has 0 saturated carbocycles. The first-order chi connectivity index (χ1) is 6.87. The standard InChI is InChI=1S/C10H14BrNO2S/c1-7(12)8(2)15(13,14)10-6-4-3-5-9(10)11/h3-8H,12H2,1-2H3. The van der Waals surface area contributed by atoms with E-state index in [1.165, 1.54) is 0 Å². The van der Waals surface area contributed by atoms with Crippen molar-refractivity contribution >= 4 is 25.8 Å². The number of hydrogen-bond donors (Lipinski definition) is 1. The molecule has 0 spiro atoms. The number of halogens is 1. The highest BCUT2D eigenvalue weighted by Crippen LogP contribution is 2.25. The first-order valence-corrected chi connectivity index (χ1v) is 6.95. The van der Waals surface area contributed by atoms with Gasteiger partial charge in [0.1, 0.15) is 0 Å². The summed E-state index contributed by atoms with van der Waals surface area (Å²) >= 11 is 3.23. The van der Waals surface area contributed by atoms with Gasteiger partial charge in [0.2, 0.25) is 0 Å². The molecule has 0 radical (unpaired) electrons. The van der Waals surface area contributed by atoms with Gasteiger partial charge in [0, 0.05) is 10.5 Å². The second-order valence-corrected chi connectivity index (χ2v) is 6.67. The van der Waals surface area contributed by atoms with Gasteiger partial charge in [-0.3, -0.25) is 0 Å². The Hall–Kier alpha value is -0.390. The molecule has 2 N–H and O–H groups in total. The van der Waals surface area contributed by atoms with Crippen LogP contribution in [0.3, 0.4) is 0 Å². The minimum Gasteiger partial charge on any atom is -0.327 e. The zero-order valence-corrected chi connectivity index (χ0v) is 11.0. The second kappa shape index (κ2) is 4.63. The quantitative estimate of drug-likeness (QED) is 0.926. The van der Waals surface area contributed by atoms with Crippen molar-refractivity contribution in [2.24, 2.45) is 5.73 Å². The third-order valence-corrected chi connectivity index (χ3v) is 5.70. The first kappa shape index (κ1) is 12.7. The second-order valence-electron chi connectivity index (χ2n) is 3.54. The molecule has 15 heavy (non-hydrogen) atoms. The van der Waals surface area contributed by atoms with Crippen LogP contribution >= 0.6 is 15.9 Å². The van der Waals surface area contributed by atoms with Gasteiger partial charge in [0.05, 0.1) is 10.1 Å². The summed E-state index contributed by atoms with van der Waals surface area (Å²) in [5.74, 6) is 0. The molecule has 0 aromatic heterocycles. The van der Waals surface area contributed by atoms with Crippen molar-refractivity contribution in [3.8, 4) is 0 Å². The molecule has 0 heterocycles. The van der Waals surface area contributed by atoms with Crippen molar-refractivity contribution in [1.29, 1.82) is 0 Å². The first-order valence-electron chi connectivity index (χ1n) is 4.61. The molecule has 0 aliphatic carbocycles. The summed E-state index contributed by atoms with van der Waals surface area (Å²) in [4.78, 5) is 0.301. The van der Waals surface area contributed by atoms with E-state index in [9.17, 15) is 8.42 Å². The zero-order valence-electron chi connectivity index (χ0n) is 8.64. The Morgan fingerprint density at radius 1 is 1.27 bits per heavy atom. The molecule has 0 amide bonds. The van der Waals surface area contributed by atoms with Crippen molar-refractivity contribution in [2.45, 2.75) is 30.0 Å². The molecule has 1 aromatic carbocycles. The summed E-state index contributed by atoms with van der Waals surface area (Å²) < 4.78 is 24.7. The highest BCUT2D eigenvalue weighted by Gasteiger charge is 2.27. The van der Waals surface area contributed by atoms with Crippen LogP contribution in [0.1, 0.15) is 13.8 Å². The maximum atomic E-state index is 12.1. The normalized spacial score (nSPS) is 16.0. The highest BCUT2D eigenvalue weighted by molar-refractivity contribution is 9.10. The number of hydrogen-bond acceptors (Lipinski definition) is 3. The lowest BCUT2D eigenvalue weighted by molar-refractivity contribution is 0.568. The minimum atomic E-state index is -3.34. The van der Waals surface area contributed by atoms with Crippen molar-refractivity contribution in [3.63, 3.8) is 0 Å². The highest BCUT2D eigenvalue weighted by atomic mass is 79.9. The van der Waals surface area contributed by atoms with Crippen LogP contribution in [0.25, 0.3) is 0 Å². The lowest BCUT2D eigenvalue weighted by Crippen LogP contribution is -2.35. The monoisotopic (exact) mass is 291 g/mol. The molecular weight excluding hydrogens is 278 g/mol. The molecule has 1 rings (SSSR count). The molecule has 0 bridgehead atoms. The average molecular weight is 292 g/mol. The molecule has 84 valence electrons. The van der Waals surface area contributed by atoms with Gasteiger partial charge >= 0.3 is 0 Å². The summed E-state index contributed by atoms with van der Waals surface area (Å²) in [6, 6.07) is 6.38. The van der Waals surface area contributed by atoms with Gasteiger partial charge in [-0.05, 0) is 41.9 Å². The lowest BCUT2D eigenvalue weighted by atomic mass is 10.3. The molecule has 3 nitrogen and oxygen atoms in total. The molecule has 0 fully saturated rings. The number of nitrogens with two attached hydrogens (primary N) is 1. The predicted octanol–water partition coefficient (Wildman–Crippen LogP) is 1.96. The largest absolute Gasteiger partial charge is 0.327 e. The fourth-order valence-electron chi connectivity index (χ4n) is 1.16. The van der Waals surface area contributed by atoms with E-state index in [4.69, 9.17) is 5.73 Å². The van der Waals surface area contributed by atoms with E-state index in [-0.39, 0.29) is 6.04 Å². The topological polar surface area (TPSA) is 60.2 Å². The van der Waals surface area contributed by atoms with E-state index in [0.717, 1.165) is 0 Å². The maximum Gasteiger partial charge on any atom is 0.183 e. The summed E-state index contributed by atoms with van der Waals surface area (Å²) in [6.45, 7) is 3.32. The van der Waals surface area contributed by atoms with E-state index in [0.29, 0.717) is 9.37 Å². The van der Waals surface area contributed by atoms with Crippen molar-refractivity contribution in [1.82, 2.24) is 0 Å². The van der Waals surface area contributed by atoms with Gasteiger partial charge in [-0.1, -0.05) is 12.1 Å². The van der Waals surface area contributed by atoms with Crippen molar-refractivity contribution < 1.29 is 8.42 Å². The van der Waals surface area contributed by atoms with Gasteiger partial charge < -0.3 is 5.73 Å². The van der Waals surface area contributed by atoms with Crippen LogP contribution in [-0.2, 0) is 9.84 Å². The van der Waals surface area contributed by atoms with Gasteiger partial charge in [-0.25, -0.2) is 8.42 Å². The fourth-order valence-corrected chi connectivity index (χ4v) is 3.69. The van der Waals surface area contributed by atoms with Crippen LogP contribution < -0.4 is 5.73 Å². The van der Waals surface area contributed by atoms with Crippen molar-refractivity contribution in [3.05, 3.63) is 28.7 Å². The number of rotatable bonds is 3. The Labute approximate surface area is 98.7 Å². The zero-order chi connectivity index (χ0) is 11.6. The average Bonchev–Trinajstić information content (AvgIpc) is 2.16. The third kappa shape index (κ3) is 2.59. The summed E-state index contributed by atoms with van der Waals surface area (Å²) in [7, 11) is -3.34. The van der Waals surface area contributed by atoms with Crippen LogP contribution in [-0.4, -0.2) is 19.7 Å². The summed E-state index contributed by atoms with van der Waals surface area (Å²) in [5, 5.41) is -0.587. The van der Waals surface area contributed by atoms with Crippen molar-refractivity contribution in [2.75, 3.05) is 0 Å². The van der Waals surface area contributed by atoms with Crippen LogP contribution in [0.2, 0.25) is 0 Å². The molecule has 0 aliphatic heterocycles. The van der Waals surface area contributed by atoms with Crippen LogP contribution in [0, 0.1) is 0 Å². The predicted molar refractivity (Wildman–Crippen MR) is 64.4 cm³/mol. The Morgan fingerprint density at radius 2 is 1.80 bits per heavy atom. The van der Waals surface area contributed by atoms with E-state index in [1.807, 2.05) is 0 Å². The van der Waals surface area contributed by atoms with Crippen LogP contribution in [0.5, 0.6) is 0 Å². The van der Waals surface area contributed by atoms with Crippen LogP contribution in [0.15, 0.2) is 33.6 Å². The molecule has 2 atom stereocenters. The SMILES string of the molecule is CC(N)C(C)S(=O)(=O)c1ccccc1Br. The van der Waals surface area contributed by atoms with Gasteiger partial charge in [-0.2, -0.15) is 0 Å². The van der Waals surface area contributed by atoms with E-state index < -0.39 is 15.1 Å². The van der Waals surface area contributed by atoms with E-state index in [2.05, 4.69) is 15.9 Å². The van der Waals surface area contributed by atoms with Gasteiger partial charge in [-0.15, -0.1) is 0 Å². The smallest absolute Gasteiger partial charge is 0.183 e. The molecule has 5 heteroatoms. The van der Waals surface area contributed by atoms with E-state index in [1.54, 1.807) is 38.1 Å². The Morgan fingerprint density at radius 3 is 2.27 bits per heavy atom. The minimum absolute atomic E-state index is 0.301. The third-order valence-electron chi connectivity index (χ3n) is 2.37. The van der Waals surface area contributed by atoms with Gasteiger partial charge in [0.15, 0.2) is 9.84 Å². The summed E-state index contributed by atoms with van der Waals surface area (Å²) in [6.07, 6.45) is 0. The Balaban J connectivity index is 3.24. The molecule has 1 aromatic rings. The fraction of sp³-hybridized carbons (Fsp3) is 0.400. The number of sulfone groups is 1.